The Morgan fingerprint density at radius 2 is 2.05 bits per heavy atom. The average molecular weight is 280 g/mol. The van der Waals surface area contributed by atoms with E-state index < -0.39 is 10.0 Å². The van der Waals surface area contributed by atoms with Crippen LogP contribution in [0.15, 0.2) is 35.7 Å². The van der Waals surface area contributed by atoms with Crippen molar-refractivity contribution in [3.63, 3.8) is 0 Å². The van der Waals surface area contributed by atoms with Crippen LogP contribution in [0.5, 0.6) is 0 Å². The minimum atomic E-state index is -3.61. The number of benzene rings is 1. The molecule has 0 aliphatic carbocycles. The molecule has 2 aromatic rings. The lowest BCUT2D eigenvalue weighted by molar-refractivity contribution is 0.598. The van der Waals surface area contributed by atoms with Gasteiger partial charge in [0.2, 0.25) is 0 Å². The molecule has 0 atom stereocenters. The van der Waals surface area contributed by atoms with E-state index in [0.29, 0.717) is 5.69 Å². The van der Waals surface area contributed by atoms with Crippen LogP contribution in [0.25, 0.3) is 0 Å². The average Bonchev–Trinajstić information content (AvgIpc) is 2.85. The summed E-state index contributed by atoms with van der Waals surface area (Å²) in [5.41, 5.74) is 2.56. The SMILES string of the molecule is Cc1ccc(NS(=O)(=O)c2cnc[nH]2)cc1N(C)C. The highest BCUT2D eigenvalue weighted by Crippen LogP contribution is 2.24. The Balaban J connectivity index is 2.32. The van der Waals surface area contributed by atoms with E-state index >= 15 is 0 Å². The normalized spacial score (nSPS) is 11.3. The zero-order chi connectivity index (χ0) is 14.0. The second-order valence-electron chi connectivity index (χ2n) is 4.42. The zero-order valence-corrected chi connectivity index (χ0v) is 11.8. The Morgan fingerprint density at radius 1 is 1.32 bits per heavy atom. The van der Waals surface area contributed by atoms with E-state index in [1.54, 1.807) is 12.1 Å². The largest absolute Gasteiger partial charge is 0.377 e. The summed E-state index contributed by atoms with van der Waals surface area (Å²) in [7, 11) is 0.213. The molecule has 0 radical (unpaired) electrons. The predicted octanol–water partition coefficient (Wildman–Crippen LogP) is 1.58. The molecule has 0 spiro atoms. The molecule has 0 aliphatic heterocycles. The zero-order valence-electron chi connectivity index (χ0n) is 11.0. The maximum atomic E-state index is 12.0. The Kier molecular flexibility index (Phi) is 3.48. The number of hydrogen-bond donors (Lipinski definition) is 2. The molecule has 0 fully saturated rings. The number of anilines is 2. The minimum Gasteiger partial charge on any atom is -0.377 e. The van der Waals surface area contributed by atoms with Gasteiger partial charge in [0, 0.05) is 19.8 Å². The number of imidazole rings is 1. The summed E-state index contributed by atoms with van der Waals surface area (Å²) >= 11 is 0. The summed E-state index contributed by atoms with van der Waals surface area (Å²) in [6, 6.07) is 5.40. The van der Waals surface area contributed by atoms with E-state index in [-0.39, 0.29) is 5.03 Å². The quantitative estimate of drug-likeness (QED) is 0.891. The number of sulfonamides is 1. The fourth-order valence-corrected chi connectivity index (χ4v) is 2.71. The highest BCUT2D eigenvalue weighted by atomic mass is 32.2. The van der Waals surface area contributed by atoms with E-state index in [0.717, 1.165) is 11.3 Å². The van der Waals surface area contributed by atoms with Crippen LogP contribution in [0, 0.1) is 6.92 Å². The Morgan fingerprint density at radius 3 is 2.63 bits per heavy atom. The molecule has 0 saturated carbocycles. The molecule has 2 N–H and O–H groups in total. The van der Waals surface area contributed by atoms with Gasteiger partial charge in [0.25, 0.3) is 10.0 Å². The molecular weight excluding hydrogens is 264 g/mol. The molecule has 1 aromatic carbocycles. The second-order valence-corrected chi connectivity index (χ2v) is 6.07. The summed E-state index contributed by atoms with van der Waals surface area (Å²) in [5.74, 6) is 0. The van der Waals surface area contributed by atoms with Crippen LogP contribution in [-0.4, -0.2) is 32.5 Å². The van der Waals surface area contributed by atoms with Crippen molar-refractivity contribution < 1.29 is 8.42 Å². The van der Waals surface area contributed by atoms with Crippen LogP contribution >= 0.6 is 0 Å². The van der Waals surface area contributed by atoms with Crippen molar-refractivity contribution in [1.29, 1.82) is 0 Å². The third-order valence-corrected chi connectivity index (χ3v) is 4.01. The maximum absolute atomic E-state index is 12.0. The maximum Gasteiger partial charge on any atom is 0.278 e. The molecule has 0 amide bonds. The topological polar surface area (TPSA) is 78.1 Å². The first-order valence-electron chi connectivity index (χ1n) is 5.69. The first kappa shape index (κ1) is 13.4. The fourth-order valence-electron chi connectivity index (χ4n) is 1.75. The Labute approximate surface area is 112 Å². The van der Waals surface area contributed by atoms with Gasteiger partial charge in [0.1, 0.15) is 0 Å². The lowest BCUT2D eigenvalue weighted by Crippen LogP contribution is -2.15. The number of nitrogens with one attached hydrogen (secondary N) is 2. The van der Waals surface area contributed by atoms with Gasteiger partial charge in [-0.15, -0.1) is 0 Å². The fraction of sp³-hybridized carbons (Fsp3) is 0.250. The van der Waals surface area contributed by atoms with Crippen molar-refractivity contribution in [1.82, 2.24) is 9.97 Å². The molecule has 6 nitrogen and oxygen atoms in total. The van der Waals surface area contributed by atoms with Crippen LogP contribution in [0.4, 0.5) is 11.4 Å². The van der Waals surface area contributed by atoms with E-state index in [4.69, 9.17) is 0 Å². The molecule has 1 aromatic heterocycles. The summed E-state index contributed by atoms with van der Waals surface area (Å²) in [6.07, 6.45) is 2.60. The number of aromatic amines is 1. The molecule has 0 aliphatic rings. The molecule has 0 unspecified atom stereocenters. The standard InChI is InChI=1S/C12H16N4O2S/c1-9-4-5-10(6-11(9)16(2)3)15-19(17,18)12-7-13-8-14-12/h4-8,15H,1-3H3,(H,13,14). The van der Waals surface area contributed by atoms with Crippen LogP contribution in [0.1, 0.15) is 5.56 Å². The first-order chi connectivity index (χ1) is 8.90. The van der Waals surface area contributed by atoms with E-state index in [1.165, 1.54) is 12.5 Å². The lowest BCUT2D eigenvalue weighted by atomic mass is 10.2. The van der Waals surface area contributed by atoms with Crippen molar-refractivity contribution in [3.05, 3.63) is 36.3 Å². The molecule has 7 heteroatoms. The molecule has 2 rings (SSSR count). The Bertz CT molecular complexity index is 663. The van der Waals surface area contributed by atoms with E-state index in [2.05, 4.69) is 14.7 Å². The van der Waals surface area contributed by atoms with Crippen molar-refractivity contribution in [2.75, 3.05) is 23.7 Å². The number of aromatic nitrogens is 2. The highest BCUT2D eigenvalue weighted by molar-refractivity contribution is 7.92. The number of rotatable bonds is 4. The minimum absolute atomic E-state index is 0.0412. The summed E-state index contributed by atoms with van der Waals surface area (Å²) in [4.78, 5) is 8.22. The van der Waals surface area contributed by atoms with Gasteiger partial charge in [-0.2, -0.15) is 8.42 Å². The Hall–Kier alpha value is -2.02. The highest BCUT2D eigenvalue weighted by Gasteiger charge is 2.16. The smallest absolute Gasteiger partial charge is 0.278 e. The molecule has 19 heavy (non-hydrogen) atoms. The van der Waals surface area contributed by atoms with Gasteiger partial charge >= 0.3 is 0 Å². The van der Waals surface area contributed by atoms with Crippen molar-refractivity contribution in [2.24, 2.45) is 0 Å². The third kappa shape index (κ3) is 2.87. The second kappa shape index (κ2) is 4.93. The molecule has 0 bridgehead atoms. The third-order valence-electron chi connectivity index (χ3n) is 2.71. The number of H-pyrrole nitrogens is 1. The predicted molar refractivity (Wildman–Crippen MR) is 74.9 cm³/mol. The van der Waals surface area contributed by atoms with Gasteiger partial charge < -0.3 is 9.88 Å². The van der Waals surface area contributed by atoms with Crippen molar-refractivity contribution >= 4 is 21.4 Å². The van der Waals surface area contributed by atoms with E-state index in [1.807, 2.05) is 32.0 Å². The lowest BCUT2D eigenvalue weighted by Gasteiger charge is -2.17. The molecule has 1 heterocycles. The van der Waals surface area contributed by atoms with Crippen LogP contribution in [-0.2, 0) is 10.0 Å². The van der Waals surface area contributed by atoms with E-state index in [9.17, 15) is 8.42 Å². The number of nitrogens with zero attached hydrogens (tertiary/aromatic N) is 2. The van der Waals surface area contributed by atoms with Crippen LogP contribution in [0.2, 0.25) is 0 Å². The van der Waals surface area contributed by atoms with Crippen LogP contribution in [0.3, 0.4) is 0 Å². The van der Waals surface area contributed by atoms with Crippen molar-refractivity contribution in [2.45, 2.75) is 11.9 Å². The van der Waals surface area contributed by atoms with Gasteiger partial charge in [0.15, 0.2) is 5.03 Å². The molecule has 102 valence electrons. The number of aryl methyl sites for hydroxylation is 1. The molecular formula is C12H16N4O2S. The first-order valence-corrected chi connectivity index (χ1v) is 7.17. The summed E-state index contributed by atoms with van der Waals surface area (Å²) in [6.45, 7) is 1.97. The molecule has 0 saturated heterocycles. The number of hydrogen-bond acceptors (Lipinski definition) is 4. The van der Waals surface area contributed by atoms with Gasteiger partial charge in [-0.1, -0.05) is 6.07 Å². The summed E-state index contributed by atoms with van der Waals surface area (Å²) in [5, 5.41) is 0.0412. The van der Waals surface area contributed by atoms with Crippen LogP contribution < -0.4 is 9.62 Å². The summed E-state index contributed by atoms with van der Waals surface area (Å²) < 4.78 is 26.6. The van der Waals surface area contributed by atoms with Gasteiger partial charge in [0.05, 0.1) is 18.2 Å². The monoisotopic (exact) mass is 280 g/mol. The van der Waals surface area contributed by atoms with Gasteiger partial charge in [-0.3, -0.25) is 4.72 Å². The van der Waals surface area contributed by atoms with Gasteiger partial charge in [-0.05, 0) is 24.6 Å². The van der Waals surface area contributed by atoms with Crippen molar-refractivity contribution in [3.8, 4) is 0 Å². The van der Waals surface area contributed by atoms with Gasteiger partial charge in [-0.25, -0.2) is 4.98 Å².